The Balaban J connectivity index is 1.76. The van der Waals surface area contributed by atoms with Crippen molar-refractivity contribution in [1.29, 1.82) is 0 Å². The van der Waals surface area contributed by atoms with Crippen molar-refractivity contribution in [1.82, 2.24) is 14.5 Å². The number of carbonyl (C=O) groups is 1. The molecule has 29 heavy (non-hydrogen) atoms. The van der Waals surface area contributed by atoms with Gasteiger partial charge in [0, 0.05) is 16.2 Å². The molecule has 144 valence electrons. The van der Waals surface area contributed by atoms with Crippen LogP contribution in [0.4, 0.5) is 10.1 Å². The number of halogens is 2. The zero-order valence-electron chi connectivity index (χ0n) is 15.2. The third-order valence-electron chi connectivity index (χ3n) is 4.37. The minimum atomic E-state index is -0.611. The summed E-state index contributed by atoms with van der Waals surface area (Å²) in [6.45, 7) is 1.67. The molecule has 0 fully saturated rings. The summed E-state index contributed by atoms with van der Waals surface area (Å²) in [6.07, 6.45) is 1.56. The van der Waals surface area contributed by atoms with Gasteiger partial charge in [0.05, 0.1) is 16.8 Å². The van der Waals surface area contributed by atoms with Gasteiger partial charge in [-0.15, -0.1) is 0 Å². The molecule has 8 heteroatoms. The standard InChI is InChI=1S/C21H14BrFN4O2/c1-12-25-19-16(3-2-10-24-19)21(29)27(12)15-8-9-17(23)18(11-15)26-20(28)13-4-6-14(22)7-5-13/h2-11H,1H3,(H,26,28). The first kappa shape index (κ1) is 18.9. The van der Waals surface area contributed by atoms with E-state index in [0.29, 0.717) is 28.1 Å². The maximum atomic E-state index is 14.3. The number of benzene rings is 2. The number of anilines is 1. The summed E-state index contributed by atoms with van der Waals surface area (Å²) < 4.78 is 16.5. The van der Waals surface area contributed by atoms with Crippen molar-refractivity contribution < 1.29 is 9.18 Å². The molecule has 1 N–H and O–H groups in total. The van der Waals surface area contributed by atoms with Crippen molar-refractivity contribution in [3.8, 4) is 5.69 Å². The molecule has 4 aromatic rings. The highest BCUT2D eigenvalue weighted by molar-refractivity contribution is 9.10. The molecule has 0 atom stereocenters. The Morgan fingerprint density at radius 1 is 1.14 bits per heavy atom. The third kappa shape index (κ3) is 3.66. The van der Waals surface area contributed by atoms with Crippen LogP contribution in [0, 0.1) is 12.7 Å². The fraction of sp³-hybridized carbons (Fsp3) is 0.0476. The molecule has 0 radical (unpaired) electrons. The van der Waals surface area contributed by atoms with Gasteiger partial charge in [0.25, 0.3) is 11.5 Å². The van der Waals surface area contributed by atoms with Gasteiger partial charge in [0.15, 0.2) is 5.65 Å². The molecule has 0 spiro atoms. The number of nitrogens with zero attached hydrogens (tertiary/aromatic N) is 3. The number of carbonyl (C=O) groups excluding carboxylic acids is 1. The van der Waals surface area contributed by atoms with Gasteiger partial charge in [-0.25, -0.2) is 14.4 Å². The topological polar surface area (TPSA) is 76.9 Å². The predicted molar refractivity (Wildman–Crippen MR) is 112 cm³/mol. The van der Waals surface area contributed by atoms with E-state index in [1.807, 2.05) is 0 Å². The lowest BCUT2D eigenvalue weighted by Crippen LogP contribution is -2.23. The zero-order chi connectivity index (χ0) is 20.5. The molecular formula is C21H14BrFN4O2. The van der Waals surface area contributed by atoms with E-state index < -0.39 is 11.7 Å². The molecule has 2 aromatic heterocycles. The second-order valence-corrected chi connectivity index (χ2v) is 7.21. The number of nitrogens with one attached hydrogen (secondary N) is 1. The second kappa shape index (κ2) is 7.56. The second-order valence-electron chi connectivity index (χ2n) is 6.30. The largest absolute Gasteiger partial charge is 0.319 e. The van der Waals surface area contributed by atoms with Crippen LogP contribution in [-0.4, -0.2) is 20.4 Å². The van der Waals surface area contributed by atoms with E-state index in [1.165, 1.54) is 22.8 Å². The van der Waals surface area contributed by atoms with E-state index in [-0.39, 0.29) is 11.2 Å². The van der Waals surface area contributed by atoms with Crippen LogP contribution in [0.25, 0.3) is 16.7 Å². The fourth-order valence-corrected chi connectivity index (χ4v) is 3.24. The van der Waals surface area contributed by atoms with Crippen LogP contribution >= 0.6 is 15.9 Å². The van der Waals surface area contributed by atoms with Gasteiger partial charge >= 0.3 is 0 Å². The smallest absolute Gasteiger partial charge is 0.267 e. The summed E-state index contributed by atoms with van der Waals surface area (Å²) in [5.41, 5.74) is 0.755. The van der Waals surface area contributed by atoms with Crippen LogP contribution in [-0.2, 0) is 0 Å². The molecule has 0 saturated carbocycles. The molecule has 0 saturated heterocycles. The van der Waals surface area contributed by atoms with Crippen molar-refractivity contribution in [2.75, 3.05) is 5.32 Å². The van der Waals surface area contributed by atoms with Gasteiger partial charge in [-0.2, -0.15) is 0 Å². The molecule has 0 bridgehead atoms. The number of fused-ring (bicyclic) bond motifs is 1. The molecule has 4 rings (SSSR count). The number of hydrogen-bond acceptors (Lipinski definition) is 4. The van der Waals surface area contributed by atoms with Crippen molar-refractivity contribution in [3.63, 3.8) is 0 Å². The molecule has 0 unspecified atom stereocenters. The van der Waals surface area contributed by atoms with E-state index in [0.717, 1.165) is 4.47 Å². The van der Waals surface area contributed by atoms with Crippen molar-refractivity contribution in [2.24, 2.45) is 0 Å². The van der Waals surface area contributed by atoms with Crippen LogP contribution in [0.15, 0.2) is 70.1 Å². The zero-order valence-corrected chi connectivity index (χ0v) is 16.8. The molecule has 0 aliphatic rings. The van der Waals surface area contributed by atoms with Gasteiger partial charge in [-0.1, -0.05) is 15.9 Å². The summed E-state index contributed by atoms with van der Waals surface area (Å²) in [4.78, 5) is 33.8. The SMILES string of the molecule is Cc1nc2ncccc2c(=O)n1-c1ccc(F)c(NC(=O)c2ccc(Br)cc2)c1. The van der Waals surface area contributed by atoms with Crippen molar-refractivity contribution in [2.45, 2.75) is 6.92 Å². The van der Waals surface area contributed by atoms with Crippen LogP contribution < -0.4 is 10.9 Å². The monoisotopic (exact) mass is 452 g/mol. The molecule has 2 heterocycles. The maximum absolute atomic E-state index is 14.3. The lowest BCUT2D eigenvalue weighted by Gasteiger charge is -2.13. The first-order valence-corrected chi connectivity index (χ1v) is 9.44. The Hall–Kier alpha value is -3.39. The van der Waals surface area contributed by atoms with E-state index in [4.69, 9.17) is 0 Å². The van der Waals surface area contributed by atoms with Crippen LogP contribution in [0.5, 0.6) is 0 Å². The summed E-state index contributed by atoms with van der Waals surface area (Å²) in [5, 5.41) is 2.90. The highest BCUT2D eigenvalue weighted by atomic mass is 79.9. The summed E-state index contributed by atoms with van der Waals surface area (Å²) in [7, 11) is 0. The number of aromatic nitrogens is 3. The van der Waals surface area contributed by atoms with E-state index in [2.05, 4.69) is 31.2 Å². The van der Waals surface area contributed by atoms with Gasteiger partial charge in [0.2, 0.25) is 0 Å². The lowest BCUT2D eigenvalue weighted by molar-refractivity contribution is 0.102. The van der Waals surface area contributed by atoms with E-state index in [9.17, 15) is 14.0 Å². The van der Waals surface area contributed by atoms with Crippen LogP contribution in [0.3, 0.4) is 0 Å². The van der Waals surface area contributed by atoms with Crippen molar-refractivity contribution >= 4 is 38.6 Å². The Morgan fingerprint density at radius 2 is 1.90 bits per heavy atom. The quantitative estimate of drug-likeness (QED) is 0.504. The van der Waals surface area contributed by atoms with Crippen molar-refractivity contribution in [3.05, 3.63) is 92.8 Å². The van der Waals surface area contributed by atoms with Gasteiger partial charge in [-0.3, -0.25) is 14.2 Å². The molecule has 2 aromatic carbocycles. The average Bonchev–Trinajstić information content (AvgIpc) is 2.71. The maximum Gasteiger partial charge on any atom is 0.267 e. The van der Waals surface area contributed by atoms with Crippen LogP contribution in [0.1, 0.15) is 16.2 Å². The Labute approximate surface area is 173 Å². The number of pyridine rings is 1. The van der Waals surface area contributed by atoms with Gasteiger partial charge in [-0.05, 0) is 61.5 Å². The minimum absolute atomic E-state index is 0.0343. The summed E-state index contributed by atoms with van der Waals surface area (Å²) >= 11 is 3.30. The molecule has 1 amide bonds. The highest BCUT2D eigenvalue weighted by Crippen LogP contribution is 2.21. The Kier molecular flexibility index (Phi) is 4.94. The summed E-state index contributed by atoms with van der Waals surface area (Å²) in [6, 6.07) is 14.0. The van der Waals surface area contributed by atoms with E-state index >= 15 is 0 Å². The lowest BCUT2D eigenvalue weighted by atomic mass is 10.2. The molecule has 0 aliphatic carbocycles. The molecule has 0 aliphatic heterocycles. The average molecular weight is 453 g/mol. The third-order valence-corrected chi connectivity index (χ3v) is 4.90. The number of aryl methyl sites for hydroxylation is 1. The fourth-order valence-electron chi connectivity index (χ4n) is 2.97. The first-order valence-electron chi connectivity index (χ1n) is 8.65. The Bertz CT molecular complexity index is 1300. The van der Waals surface area contributed by atoms with Gasteiger partial charge in [0.1, 0.15) is 11.6 Å². The van der Waals surface area contributed by atoms with E-state index in [1.54, 1.807) is 49.5 Å². The predicted octanol–water partition coefficient (Wildman–Crippen LogP) is 4.24. The number of hydrogen-bond donors (Lipinski definition) is 1. The van der Waals surface area contributed by atoms with Crippen LogP contribution in [0.2, 0.25) is 0 Å². The normalized spacial score (nSPS) is 10.9. The Morgan fingerprint density at radius 3 is 2.66 bits per heavy atom. The number of amides is 1. The number of rotatable bonds is 3. The summed E-state index contributed by atoms with van der Waals surface area (Å²) in [5.74, 6) is -0.670. The van der Waals surface area contributed by atoms with Gasteiger partial charge < -0.3 is 5.32 Å². The molecule has 6 nitrogen and oxygen atoms in total. The minimum Gasteiger partial charge on any atom is -0.319 e. The first-order chi connectivity index (χ1) is 13.9. The molecular weight excluding hydrogens is 439 g/mol. The highest BCUT2D eigenvalue weighted by Gasteiger charge is 2.14.